The third kappa shape index (κ3) is 2.36. The summed E-state index contributed by atoms with van der Waals surface area (Å²) in [6, 6.07) is 0. The van der Waals surface area contributed by atoms with Crippen molar-refractivity contribution in [3.63, 3.8) is 0 Å². The van der Waals surface area contributed by atoms with Gasteiger partial charge < -0.3 is 0 Å². The van der Waals surface area contributed by atoms with Gasteiger partial charge in [0.15, 0.2) is 0 Å². The van der Waals surface area contributed by atoms with Gasteiger partial charge in [-0.3, -0.25) is 0 Å². The minimum atomic E-state index is -3.64. The molecule has 0 amide bonds. The second-order valence-corrected chi connectivity index (χ2v) is 4.16. The van der Waals surface area contributed by atoms with Gasteiger partial charge in [-0.15, -0.1) is 0 Å². The molecular formula is C3H5IO4S. The fraction of sp³-hybridized carbons (Fsp3) is 1.00. The predicted molar refractivity (Wildman–Crippen MR) is 38.4 cm³/mol. The highest BCUT2D eigenvalue weighted by Crippen LogP contribution is 2.17. The Morgan fingerprint density at radius 2 is 2.22 bits per heavy atom. The van der Waals surface area contributed by atoms with Crippen LogP contribution in [0.3, 0.4) is 0 Å². The molecule has 0 aliphatic carbocycles. The van der Waals surface area contributed by atoms with Gasteiger partial charge in [-0.05, 0) is 22.6 Å². The molecular weight excluding hydrogens is 259 g/mol. The van der Waals surface area contributed by atoms with Crippen LogP contribution in [0.15, 0.2) is 0 Å². The predicted octanol–water partition coefficient (Wildman–Crippen LogP) is 0.429. The van der Waals surface area contributed by atoms with E-state index in [1.165, 1.54) is 0 Å². The van der Waals surface area contributed by atoms with Crippen molar-refractivity contribution in [1.82, 2.24) is 0 Å². The van der Waals surface area contributed by atoms with Gasteiger partial charge in [0.25, 0.3) is 0 Å². The summed E-state index contributed by atoms with van der Waals surface area (Å²) in [6.45, 7) is 0.232. The Labute approximate surface area is 67.0 Å². The summed E-state index contributed by atoms with van der Waals surface area (Å²) >= 11 is 1.90. The lowest BCUT2D eigenvalue weighted by molar-refractivity contribution is 0.147. The first-order valence-corrected chi connectivity index (χ1v) is 4.90. The summed E-state index contributed by atoms with van der Waals surface area (Å²) in [6.07, 6.45) is 0.625. The van der Waals surface area contributed by atoms with Gasteiger partial charge in [0.05, 0.1) is 6.61 Å². The third-order valence-electron chi connectivity index (χ3n) is 0.795. The molecule has 0 spiro atoms. The number of alkyl halides is 1. The van der Waals surface area contributed by atoms with Gasteiger partial charge in [0, 0.05) is 6.42 Å². The van der Waals surface area contributed by atoms with Crippen LogP contribution in [-0.4, -0.2) is 19.1 Å². The van der Waals surface area contributed by atoms with E-state index in [0.717, 1.165) is 0 Å². The first kappa shape index (κ1) is 7.70. The second kappa shape index (κ2) is 2.69. The molecule has 0 radical (unpaired) electrons. The second-order valence-electron chi connectivity index (χ2n) is 1.53. The molecule has 1 aliphatic heterocycles. The molecule has 0 bridgehead atoms. The van der Waals surface area contributed by atoms with Gasteiger partial charge >= 0.3 is 10.4 Å². The Morgan fingerprint density at radius 1 is 1.56 bits per heavy atom. The minimum absolute atomic E-state index is 0.232. The van der Waals surface area contributed by atoms with Crippen molar-refractivity contribution in [3.05, 3.63) is 0 Å². The summed E-state index contributed by atoms with van der Waals surface area (Å²) in [4.78, 5) is 0. The monoisotopic (exact) mass is 264 g/mol. The Hall–Kier alpha value is 0.600. The average molecular weight is 264 g/mol. The molecule has 1 heterocycles. The van der Waals surface area contributed by atoms with E-state index in [4.69, 9.17) is 0 Å². The van der Waals surface area contributed by atoms with E-state index in [1.54, 1.807) is 0 Å². The highest BCUT2D eigenvalue weighted by Gasteiger charge is 2.23. The lowest BCUT2D eigenvalue weighted by Crippen LogP contribution is -2.23. The van der Waals surface area contributed by atoms with Gasteiger partial charge in [0.1, 0.15) is 4.11 Å². The van der Waals surface area contributed by atoms with Crippen LogP contribution in [0.5, 0.6) is 0 Å². The Balaban J connectivity index is 2.62. The number of hydrogen-bond donors (Lipinski definition) is 0. The van der Waals surface area contributed by atoms with E-state index in [9.17, 15) is 8.42 Å². The van der Waals surface area contributed by atoms with Gasteiger partial charge in [0.2, 0.25) is 0 Å². The van der Waals surface area contributed by atoms with E-state index < -0.39 is 10.4 Å². The molecule has 1 aliphatic rings. The summed E-state index contributed by atoms with van der Waals surface area (Å²) in [5.41, 5.74) is 0. The maximum atomic E-state index is 10.4. The quantitative estimate of drug-likeness (QED) is 0.470. The lowest BCUT2D eigenvalue weighted by atomic mass is 10.5. The maximum absolute atomic E-state index is 10.4. The standard InChI is InChI=1S/C3H5IO4S/c4-3-1-2-7-9(5,6)8-3/h3H,1-2H2. The van der Waals surface area contributed by atoms with E-state index in [0.29, 0.717) is 6.42 Å². The van der Waals surface area contributed by atoms with Crippen LogP contribution in [0.1, 0.15) is 6.42 Å². The molecule has 1 fully saturated rings. The number of hydrogen-bond acceptors (Lipinski definition) is 4. The fourth-order valence-electron chi connectivity index (χ4n) is 0.447. The van der Waals surface area contributed by atoms with Crippen LogP contribution < -0.4 is 0 Å². The Kier molecular flexibility index (Phi) is 2.30. The largest absolute Gasteiger partial charge is 0.400 e. The average Bonchev–Trinajstić information content (AvgIpc) is 1.60. The van der Waals surface area contributed by atoms with Crippen LogP contribution in [0, 0.1) is 0 Å². The summed E-state index contributed by atoms with van der Waals surface area (Å²) in [5.74, 6) is 0. The third-order valence-corrected chi connectivity index (χ3v) is 2.94. The summed E-state index contributed by atoms with van der Waals surface area (Å²) < 4.78 is 29.3. The van der Waals surface area contributed by atoms with Gasteiger partial charge in [-0.1, -0.05) is 0 Å². The first-order valence-electron chi connectivity index (χ1n) is 2.32. The van der Waals surface area contributed by atoms with Crippen LogP contribution in [0.4, 0.5) is 0 Å². The molecule has 1 unspecified atom stereocenters. The van der Waals surface area contributed by atoms with Crippen molar-refractivity contribution in [2.24, 2.45) is 0 Å². The lowest BCUT2D eigenvalue weighted by Gasteiger charge is -2.15. The topological polar surface area (TPSA) is 52.6 Å². The highest BCUT2D eigenvalue weighted by molar-refractivity contribution is 14.1. The molecule has 0 aromatic carbocycles. The molecule has 9 heavy (non-hydrogen) atoms. The van der Waals surface area contributed by atoms with Crippen molar-refractivity contribution in [1.29, 1.82) is 0 Å². The molecule has 54 valence electrons. The molecule has 1 saturated heterocycles. The molecule has 4 nitrogen and oxygen atoms in total. The smallest absolute Gasteiger partial charge is 0.248 e. The van der Waals surface area contributed by atoms with E-state index in [1.807, 2.05) is 22.6 Å². The maximum Gasteiger partial charge on any atom is 0.400 e. The summed E-state index contributed by atoms with van der Waals surface area (Å²) in [5, 5.41) is 0. The van der Waals surface area contributed by atoms with E-state index in [2.05, 4.69) is 8.37 Å². The Morgan fingerprint density at radius 3 is 2.56 bits per heavy atom. The molecule has 0 aromatic heterocycles. The van der Waals surface area contributed by atoms with E-state index >= 15 is 0 Å². The zero-order chi connectivity index (χ0) is 6.91. The molecule has 0 aromatic rings. The summed E-state index contributed by atoms with van der Waals surface area (Å²) in [7, 11) is -3.64. The van der Waals surface area contributed by atoms with Crippen molar-refractivity contribution in [2.75, 3.05) is 6.61 Å². The van der Waals surface area contributed by atoms with E-state index in [-0.39, 0.29) is 10.7 Å². The molecule has 6 heteroatoms. The van der Waals surface area contributed by atoms with Crippen LogP contribution in [0.25, 0.3) is 0 Å². The van der Waals surface area contributed by atoms with Crippen LogP contribution >= 0.6 is 22.6 Å². The molecule has 0 saturated carbocycles. The molecule has 1 atom stereocenters. The SMILES string of the molecule is O=S1(=O)OCCC(I)O1. The highest BCUT2D eigenvalue weighted by atomic mass is 127. The Bertz CT molecular complexity index is 186. The van der Waals surface area contributed by atoms with Crippen molar-refractivity contribution in [2.45, 2.75) is 10.5 Å². The normalized spacial score (nSPS) is 34.1. The molecule has 0 N–H and O–H groups in total. The zero-order valence-corrected chi connectivity index (χ0v) is 7.38. The van der Waals surface area contributed by atoms with Crippen molar-refractivity contribution >= 4 is 33.0 Å². The molecule has 1 rings (SSSR count). The van der Waals surface area contributed by atoms with Crippen molar-refractivity contribution in [3.8, 4) is 0 Å². The van der Waals surface area contributed by atoms with Gasteiger partial charge in [-0.2, -0.15) is 8.42 Å². The zero-order valence-electron chi connectivity index (χ0n) is 4.41. The minimum Gasteiger partial charge on any atom is -0.248 e. The first-order chi connectivity index (χ1) is 4.10. The fourth-order valence-corrected chi connectivity index (χ4v) is 2.17. The van der Waals surface area contributed by atoms with Gasteiger partial charge in [-0.25, -0.2) is 8.37 Å². The number of rotatable bonds is 0. The number of halogens is 1. The van der Waals surface area contributed by atoms with Crippen molar-refractivity contribution < 1.29 is 16.8 Å². The van der Waals surface area contributed by atoms with Crippen LogP contribution in [-0.2, 0) is 18.8 Å². The van der Waals surface area contributed by atoms with Crippen LogP contribution in [0.2, 0.25) is 0 Å².